The number of likely N-dealkylation sites (N-methyl/N-ethyl adjacent to an activating group) is 1. The predicted octanol–water partition coefficient (Wildman–Crippen LogP) is 2.83. The van der Waals surface area contributed by atoms with Gasteiger partial charge in [0.1, 0.15) is 12.1 Å². The van der Waals surface area contributed by atoms with Crippen LogP contribution in [-0.4, -0.2) is 46.3 Å². The van der Waals surface area contributed by atoms with Crippen LogP contribution in [0.3, 0.4) is 0 Å². The molecule has 25 heavy (non-hydrogen) atoms. The maximum Gasteiger partial charge on any atom is 0.151 e. The molecule has 0 radical (unpaired) electrons. The maximum atomic E-state index is 4.56. The molecule has 128 valence electrons. The van der Waals surface area contributed by atoms with Crippen LogP contribution in [0, 0.1) is 6.92 Å². The van der Waals surface area contributed by atoms with Crippen LogP contribution in [0.2, 0.25) is 0 Å². The molecule has 0 N–H and O–H groups in total. The van der Waals surface area contributed by atoms with Crippen molar-refractivity contribution < 1.29 is 0 Å². The standard InChI is InChI=1S/C19H22N6/c1-14-9-10-18(23-22-14)25-11-5-6-15(12-25)24(2)19-16-7-3-4-8-17(16)20-13-21-19/h3-4,7-10,13,15H,5-6,11-12H2,1-2H3/t15-/m0/s1. The Hall–Kier alpha value is -2.76. The van der Waals surface area contributed by atoms with Gasteiger partial charge in [0.15, 0.2) is 5.82 Å². The van der Waals surface area contributed by atoms with Crippen LogP contribution in [0.15, 0.2) is 42.7 Å². The molecule has 1 fully saturated rings. The van der Waals surface area contributed by atoms with Crippen LogP contribution in [0.25, 0.3) is 10.9 Å². The number of nitrogens with zero attached hydrogens (tertiary/aromatic N) is 6. The summed E-state index contributed by atoms with van der Waals surface area (Å²) in [7, 11) is 2.13. The van der Waals surface area contributed by atoms with Gasteiger partial charge in [-0.2, -0.15) is 5.10 Å². The third kappa shape index (κ3) is 3.12. The van der Waals surface area contributed by atoms with Gasteiger partial charge in [0.25, 0.3) is 0 Å². The van der Waals surface area contributed by atoms with Crippen molar-refractivity contribution in [2.75, 3.05) is 29.9 Å². The summed E-state index contributed by atoms with van der Waals surface area (Å²) in [6.07, 6.45) is 3.93. The molecular formula is C19H22N6. The Labute approximate surface area is 147 Å². The van der Waals surface area contributed by atoms with Gasteiger partial charge in [0.05, 0.1) is 11.2 Å². The molecule has 0 bridgehead atoms. The summed E-state index contributed by atoms with van der Waals surface area (Å²) in [4.78, 5) is 13.5. The van der Waals surface area contributed by atoms with Crippen LogP contribution in [-0.2, 0) is 0 Å². The Morgan fingerprint density at radius 2 is 1.96 bits per heavy atom. The summed E-state index contributed by atoms with van der Waals surface area (Å²) in [5.74, 6) is 1.95. The molecule has 3 heterocycles. The molecule has 3 aromatic rings. The molecule has 0 amide bonds. The fraction of sp³-hybridized carbons (Fsp3) is 0.368. The van der Waals surface area contributed by atoms with E-state index in [1.54, 1.807) is 6.33 Å². The lowest BCUT2D eigenvalue weighted by atomic mass is 10.0. The van der Waals surface area contributed by atoms with Crippen LogP contribution < -0.4 is 9.80 Å². The molecule has 2 aromatic heterocycles. The number of piperidine rings is 1. The molecule has 0 saturated carbocycles. The molecular weight excluding hydrogens is 312 g/mol. The summed E-state index contributed by atoms with van der Waals surface area (Å²) >= 11 is 0. The molecule has 4 rings (SSSR count). The average molecular weight is 334 g/mol. The van der Waals surface area contributed by atoms with E-state index < -0.39 is 0 Å². The number of hydrogen-bond donors (Lipinski definition) is 0. The number of anilines is 2. The number of aryl methyl sites for hydroxylation is 1. The SMILES string of the molecule is Cc1ccc(N2CCC[C@H](N(C)c3ncnc4ccccc34)C2)nn1. The molecule has 1 aromatic carbocycles. The lowest BCUT2D eigenvalue weighted by Gasteiger charge is -2.38. The van der Waals surface area contributed by atoms with Crippen molar-refractivity contribution in [3.63, 3.8) is 0 Å². The second-order valence-electron chi connectivity index (χ2n) is 6.60. The molecule has 0 unspecified atom stereocenters. The van der Waals surface area contributed by atoms with E-state index in [2.05, 4.69) is 49.1 Å². The number of para-hydroxylation sites is 1. The molecule has 1 saturated heterocycles. The van der Waals surface area contributed by atoms with E-state index in [-0.39, 0.29) is 0 Å². The minimum Gasteiger partial charge on any atom is -0.354 e. The minimum atomic E-state index is 0.384. The zero-order chi connectivity index (χ0) is 17.2. The topological polar surface area (TPSA) is 58.0 Å². The average Bonchev–Trinajstić information content (AvgIpc) is 2.68. The lowest BCUT2D eigenvalue weighted by molar-refractivity contribution is 0.483. The van der Waals surface area contributed by atoms with Crippen molar-refractivity contribution in [3.8, 4) is 0 Å². The second-order valence-corrected chi connectivity index (χ2v) is 6.60. The van der Waals surface area contributed by atoms with Gasteiger partial charge in [-0.3, -0.25) is 0 Å². The summed E-state index contributed by atoms with van der Waals surface area (Å²) in [6, 6.07) is 12.6. The van der Waals surface area contributed by atoms with E-state index in [1.165, 1.54) is 0 Å². The number of fused-ring (bicyclic) bond motifs is 1. The summed E-state index contributed by atoms with van der Waals surface area (Å²) in [6.45, 7) is 3.91. The van der Waals surface area contributed by atoms with Gasteiger partial charge in [0.2, 0.25) is 0 Å². The lowest BCUT2D eigenvalue weighted by Crippen LogP contribution is -2.47. The van der Waals surface area contributed by atoms with Gasteiger partial charge in [0, 0.05) is 31.6 Å². The van der Waals surface area contributed by atoms with Crippen molar-refractivity contribution in [1.29, 1.82) is 0 Å². The Balaban J connectivity index is 1.59. The van der Waals surface area contributed by atoms with E-state index >= 15 is 0 Å². The van der Waals surface area contributed by atoms with E-state index in [1.807, 2.05) is 31.2 Å². The van der Waals surface area contributed by atoms with Gasteiger partial charge in [-0.25, -0.2) is 9.97 Å². The first-order valence-corrected chi connectivity index (χ1v) is 8.70. The van der Waals surface area contributed by atoms with Gasteiger partial charge in [-0.15, -0.1) is 5.10 Å². The molecule has 6 nitrogen and oxygen atoms in total. The molecule has 1 atom stereocenters. The largest absolute Gasteiger partial charge is 0.354 e. The van der Waals surface area contributed by atoms with Crippen molar-refractivity contribution in [3.05, 3.63) is 48.4 Å². The molecule has 6 heteroatoms. The van der Waals surface area contributed by atoms with Crippen LogP contribution in [0.1, 0.15) is 18.5 Å². The highest BCUT2D eigenvalue weighted by molar-refractivity contribution is 5.89. The van der Waals surface area contributed by atoms with Crippen molar-refractivity contribution in [1.82, 2.24) is 20.2 Å². The van der Waals surface area contributed by atoms with E-state index in [0.29, 0.717) is 6.04 Å². The van der Waals surface area contributed by atoms with Crippen molar-refractivity contribution in [2.24, 2.45) is 0 Å². The Bertz CT molecular complexity index is 858. The number of hydrogen-bond acceptors (Lipinski definition) is 6. The number of aromatic nitrogens is 4. The molecule has 0 aliphatic carbocycles. The fourth-order valence-electron chi connectivity index (χ4n) is 3.48. The predicted molar refractivity (Wildman–Crippen MR) is 99.9 cm³/mol. The summed E-state index contributed by atoms with van der Waals surface area (Å²) in [5, 5.41) is 9.64. The third-order valence-corrected chi connectivity index (χ3v) is 4.91. The zero-order valence-electron chi connectivity index (χ0n) is 14.6. The smallest absolute Gasteiger partial charge is 0.151 e. The van der Waals surface area contributed by atoms with Gasteiger partial charge in [-0.1, -0.05) is 12.1 Å². The first kappa shape index (κ1) is 15.7. The minimum absolute atomic E-state index is 0.384. The highest BCUT2D eigenvalue weighted by atomic mass is 15.3. The van der Waals surface area contributed by atoms with Crippen LogP contribution in [0.5, 0.6) is 0 Å². The molecule has 0 spiro atoms. The zero-order valence-corrected chi connectivity index (χ0v) is 14.6. The normalized spacial score (nSPS) is 17.7. The molecule has 1 aliphatic rings. The first-order chi connectivity index (χ1) is 12.2. The first-order valence-electron chi connectivity index (χ1n) is 8.70. The number of rotatable bonds is 3. The quantitative estimate of drug-likeness (QED) is 0.734. The Morgan fingerprint density at radius 1 is 1.08 bits per heavy atom. The monoisotopic (exact) mass is 334 g/mol. The Morgan fingerprint density at radius 3 is 2.80 bits per heavy atom. The van der Waals surface area contributed by atoms with Crippen LogP contribution >= 0.6 is 0 Å². The van der Waals surface area contributed by atoms with E-state index in [4.69, 9.17) is 0 Å². The van der Waals surface area contributed by atoms with Crippen LogP contribution in [0.4, 0.5) is 11.6 Å². The fourth-order valence-corrected chi connectivity index (χ4v) is 3.48. The highest BCUT2D eigenvalue weighted by Gasteiger charge is 2.26. The van der Waals surface area contributed by atoms with Crippen molar-refractivity contribution in [2.45, 2.75) is 25.8 Å². The highest BCUT2D eigenvalue weighted by Crippen LogP contribution is 2.27. The van der Waals surface area contributed by atoms with Crippen molar-refractivity contribution >= 4 is 22.5 Å². The Kier molecular flexibility index (Phi) is 4.17. The van der Waals surface area contributed by atoms with E-state index in [0.717, 1.165) is 54.2 Å². The maximum absolute atomic E-state index is 4.56. The summed E-state index contributed by atoms with van der Waals surface area (Å²) < 4.78 is 0. The second kappa shape index (κ2) is 6.63. The number of benzene rings is 1. The summed E-state index contributed by atoms with van der Waals surface area (Å²) in [5.41, 5.74) is 1.93. The van der Waals surface area contributed by atoms with E-state index in [9.17, 15) is 0 Å². The molecule has 1 aliphatic heterocycles. The van der Waals surface area contributed by atoms with Gasteiger partial charge in [-0.05, 0) is 44.0 Å². The third-order valence-electron chi connectivity index (χ3n) is 4.91. The van der Waals surface area contributed by atoms with Gasteiger partial charge >= 0.3 is 0 Å². The van der Waals surface area contributed by atoms with Gasteiger partial charge < -0.3 is 9.80 Å².